The number of amides is 3. The molecule has 0 unspecified atom stereocenters. The van der Waals surface area contributed by atoms with Gasteiger partial charge in [0.2, 0.25) is 0 Å². The summed E-state index contributed by atoms with van der Waals surface area (Å²) in [5.74, 6) is 0.252. The number of anilines is 1. The molecule has 2 saturated heterocycles. The van der Waals surface area contributed by atoms with E-state index in [0.29, 0.717) is 16.9 Å². The average Bonchev–Trinajstić information content (AvgIpc) is 2.78. The van der Waals surface area contributed by atoms with Crippen LogP contribution in [0, 0.1) is 0 Å². The lowest BCUT2D eigenvalue weighted by molar-refractivity contribution is 0.0719. The molecule has 0 atom stereocenters. The average molecular weight is 396 g/mol. The molecule has 8 heteroatoms. The predicted octanol–water partition coefficient (Wildman–Crippen LogP) is 2.80. The third kappa shape index (κ3) is 4.26. The van der Waals surface area contributed by atoms with E-state index in [1.807, 2.05) is 29.2 Å². The smallest absolute Gasteiger partial charge is 0.336 e. The van der Waals surface area contributed by atoms with Gasteiger partial charge >= 0.3 is 6.03 Å². The summed E-state index contributed by atoms with van der Waals surface area (Å²) < 4.78 is 0. The van der Waals surface area contributed by atoms with E-state index in [1.54, 1.807) is 11.9 Å². The van der Waals surface area contributed by atoms with Crippen LogP contribution in [0.25, 0.3) is 11.0 Å². The minimum atomic E-state index is -0.168. The number of hydrogen-bond acceptors (Lipinski definition) is 5. The van der Waals surface area contributed by atoms with Crippen LogP contribution in [-0.4, -0.2) is 64.9 Å². The molecular weight excluding hydrogens is 368 g/mol. The number of nitrogens with zero attached hydrogens (tertiary/aromatic N) is 5. The number of para-hydroxylation sites is 2. The molecule has 3 heterocycles. The van der Waals surface area contributed by atoms with Crippen LogP contribution < -0.4 is 10.4 Å². The van der Waals surface area contributed by atoms with Gasteiger partial charge in [0.25, 0.3) is 5.91 Å². The van der Waals surface area contributed by atoms with E-state index in [1.165, 1.54) is 5.01 Å². The highest BCUT2D eigenvalue weighted by Crippen LogP contribution is 2.22. The van der Waals surface area contributed by atoms with Gasteiger partial charge in [0.1, 0.15) is 0 Å². The van der Waals surface area contributed by atoms with Gasteiger partial charge in [-0.25, -0.2) is 20.2 Å². The lowest BCUT2D eigenvalue weighted by Gasteiger charge is -2.31. The molecule has 2 aliphatic heterocycles. The third-order valence-corrected chi connectivity index (χ3v) is 5.62. The highest BCUT2D eigenvalue weighted by atomic mass is 16.2. The number of aromatic nitrogens is 2. The topological polar surface area (TPSA) is 81.7 Å². The van der Waals surface area contributed by atoms with Crippen molar-refractivity contribution in [3.8, 4) is 0 Å². The maximum absolute atomic E-state index is 13.2. The van der Waals surface area contributed by atoms with E-state index in [-0.39, 0.29) is 17.6 Å². The molecule has 1 aromatic carbocycles. The summed E-state index contributed by atoms with van der Waals surface area (Å²) in [7, 11) is 1.72. The molecule has 1 aromatic heterocycles. The SMILES string of the molecule is CN(NC(=O)N1CCCCC1)c1nc2ccccc2nc1C(=O)N1CCCCC1. The molecule has 0 bridgehead atoms. The van der Waals surface area contributed by atoms with Gasteiger partial charge in [-0.1, -0.05) is 12.1 Å². The number of likely N-dealkylation sites (tertiary alicyclic amines) is 2. The van der Waals surface area contributed by atoms with Crippen molar-refractivity contribution in [2.24, 2.45) is 0 Å². The first-order chi connectivity index (χ1) is 14.1. The predicted molar refractivity (Wildman–Crippen MR) is 112 cm³/mol. The number of fused-ring (bicyclic) bond motifs is 1. The van der Waals surface area contributed by atoms with E-state index in [4.69, 9.17) is 0 Å². The van der Waals surface area contributed by atoms with Crippen LogP contribution in [0.3, 0.4) is 0 Å². The Morgan fingerprint density at radius 1 is 0.862 bits per heavy atom. The molecule has 2 aliphatic rings. The monoisotopic (exact) mass is 396 g/mol. The van der Waals surface area contributed by atoms with Gasteiger partial charge in [-0.2, -0.15) is 0 Å². The van der Waals surface area contributed by atoms with Crippen LogP contribution in [0.15, 0.2) is 24.3 Å². The number of hydrazine groups is 1. The first-order valence-corrected chi connectivity index (χ1v) is 10.5. The van der Waals surface area contributed by atoms with Crippen LogP contribution in [0.2, 0.25) is 0 Å². The zero-order valence-electron chi connectivity index (χ0n) is 16.9. The molecule has 0 radical (unpaired) electrons. The minimum absolute atomic E-state index is 0.128. The van der Waals surface area contributed by atoms with Gasteiger partial charge < -0.3 is 9.80 Å². The van der Waals surface area contributed by atoms with Crippen LogP contribution in [-0.2, 0) is 0 Å². The van der Waals surface area contributed by atoms with E-state index >= 15 is 0 Å². The Kier molecular flexibility index (Phi) is 5.78. The lowest BCUT2D eigenvalue weighted by atomic mass is 10.1. The van der Waals surface area contributed by atoms with E-state index in [2.05, 4.69) is 15.4 Å². The van der Waals surface area contributed by atoms with Gasteiger partial charge in [-0.05, 0) is 50.7 Å². The van der Waals surface area contributed by atoms with Crippen LogP contribution in [0.4, 0.5) is 10.6 Å². The van der Waals surface area contributed by atoms with Crippen LogP contribution >= 0.6 is 0 Å². The molecule has 0 aliphatic carbocycles. The summed E-state index contributed by atoms with van der Waals surface area (Å²) in [6, 6.07) is 7.32. The van der Waals surface area contributed by atoms with Gasteiger partial charge in [0, 0.05) is 33.2 Å². The second-order valence-electron chi connectivity index (χ2n) is 7.76. The molecule has 0 spiro atoms. The number of benzene rings is 1. The van der Waals surface area contributed by atoms with Gasteiger partial charge in [-0.15, -0.1) is 0 Å². The Bertz CT molecular complexity index is 890. The van der Waals surface area contributed by atoms with Crippen LogP contribution in [0.1, 0.15) is 49.0 Å². The summed E-state index contributed by atoms with van der Waals surface area (Å²) in [6.45, 7) is 2.97. The Labute approximate surface area is 170 Å². The van der Waals surface area contributed by atoms with Gasteiger partial charge in [-0.3, -0.25) is 9.80 Å². The second-order valence-corrected chi connectivity index (χ2v) is 7.76. The van der Waals surface area contributed by atoms with E-state index in [9.17, 15) is 9.59 Å². The van der Waals surface area contributed by atoms with Crippen molar-refractivity contribution >= 4 is 28.8 Å². The van der Waals surface area contributed by atoms with Crippen molar-refractivity contribution in [1.29, 1.82) is 0 Å². The highest BCUT2D eigenvalue weighted by Gasteiger charge is 2.27. The highest BCUT2D eigenvalue weighted by molar-refractivity contribution is 5.99. The maximum atomic E-state index is 13.2. The molecule has 2 fully saturated rings. The Morgan fingerprint density at radius 2 is 1.41 bits per heavy atom. The number of hydrogen-bond donors (Lipinski definition) is 1. The molecule has 3 amide bonds. The molecule has 29 heavy (non-hydrogen) atoms. The first kappa shape index (κ1) is 19.4. The Hall–Kier alpha value is -2.90. The maximum Gasteiger partial charge on any atom is 0.336 e. The molecule has 2 aromatic rings. The number of piperidine rings is 2. The third-order valence-electron chi connectivity index (χ3n) is 5.62. The van der Waals surface area contributed by atoms with Gasteiger partial charge in [0.05, 0.1) is 11.0 Å². The number of nitrogens with one attached hydrogen (secondary N) is 1. The van der Waals surface area contributed by atoms with Crippen molar-refractivity contribution in [2.75, 3.05) is 38.2 Å². The molecule has 1 N–H and O–H groups in total. The number of carbonyl (C=O) groups is 2. The van der Waals surface area contributed by atoms with E-state index < -0.39 is 0 Å². The van der Waals surface area contributed by atoms with Crippen molar-refractivity contribution in [3.05, 3.63) is 30.0 Å². The fourth-order valence-electron chi connectivity index (χ4n) is 3.98. The molecule has 8 nitrogen and oxygen atoms in total. The summed E-state index contributed by atoms with van der Waals surface area (Å²) >= 11 is 0. The summed E-state index contributed by atoms with van der Waals surface area (Å²) in [4.78, 5) is 38.8. The largest absolute Gasteiger partial charge is 0.337 e. The standard InChI is InChI=1S/C21H28N6O2/c1-25(24-21(29)27-14-8-3-9-15-27)19-18(20(28)26-12-6-2-7-13-26)22-16-10-4-5-11-17(16)23-19/h4-5,10-11H,2-3,6-9,12-15H2,1H3,(H,24,29). The Balaban J connectivity index is 1.63. The molecule has 154 valence electrons. The quantitative estimate of drug-likeness (QED) is 0.807. The molecular formula is C21H28N6O2. The zero-order valence-corrected chi connectivity index (χ0v) is 16.9. The zero-order chi connectivity index (χ0) is 20.2. The molecule has 4 rings (SSSR count). The summed E-state index contributed by atoms with van der Waals surface area (Å²) in [5.41, 5.74) is 4.53. The first-order valence-electron chi connectivity index (χ1n) is 10.5. The van der Waals surface area contributed by atoms with Crippen molar-refractivity contribution < 1.29 is 9.59 Å². The normalized spacial score (nSPS) is 17.3. The summed E-state index contributed by atoms with van der Waals surface area (Å²) in [5, 5.41) is 1.54. The molecule has 0 saturated carbocycles. The number of carbonyl (C=O) groups excluding carboxylic acids is 2. The van der Waals surface area contributed by atoms with Crippen LogP contribution in [0.5, 0.6) is 0 Å². The van der Waals surface area contributed by atoms with Gasteiger partial charge in [0.15, 0.2) is 11.5 Å². The van der Waals surface area contributed by atoms with Crippen molar-refractivity contribution in [1.82, 2.24) is 25.2 Å². The lowest BCUT2D eigenvalue weighted by Crippen LogP contribution is -2.50. The fraction of sp³-hybridized carbons (Fsp3) is 0.524. The fourth-order valence-corrected chi connectivity index (χ4v) is 3.98. The number of rotatable bonds is 3. The minimum Gasteiger partial charge on any atom is -0.337 e. The summed E-state index contributed by atoms with van der Waals surface area (Å²) in [6.07, 6.45) is 6.35. The van der Waals surface area contributed by atoms with E-state index in [0.717, 1.165) is 64.7 Å². The Morgan fingerprint density at radius 3 is 2.03 bits per heavy atom. The number of urea groups is 1. The second kappa shape index (κ2) is 8.63. The van der Waals surface area contributed by atoms with Crippen molar-refractivity contribution in [3.63, 3.8) is 0 Å². The van der Waals surface area contributed by atoms with Crippen molar-refractivity contribution in [2.45, 2.75) is 38.5 Å².